The molecule has 0 rings (SSSR count). The molecule has 0 aromatic carbocycles. The number of rotatable bonds is 0. The third-order valence-corrected chi connectivity index (χ3v) is 0. The van der Waals surface area contributed by atoms with Gasteiger partial charge in [-0.15, -0.1) is 0 Å². The molecule has 0 saturated carbocycles. The van der Waals surface area contributed by atoms with Gasteiger partial charge in [-0.3, -0.25) is 0 Å². The van der Waals surface area contributed by atoms with E-state index in [2.05, 4.69) is 0 Å². The van der Waals surface area contributed by atoms with Crippen molar-refractivity contribution in [2.24, 2.45) is 0 Å². The average molecular weight is 466 g/mol. The van der Waals surface area contributed by atoms with Crippen molar-refractivity contribution in [3.63, 3.8) is 0 Å². The third kappa shape index (κ3) is 9.08. The number of hydrogen-bond donors (Lipinski definition) is 0. The Bertz CT molecular complexity index is 13.5. The molecule has 0 bridgehead atoms. The second kappa shape index (κ2) is 16.1. The summed E-state index contributed by atoms with van der Waals surface area (Å²) in [6, 6.07) is 0. The van der Waals surface area contributed by atoms with Gasteiger partial charge in [0, 0.05) is 27.3 Å². The molecule has 4 heteroatoms. The van der Waals surface area contributed by atoms with E-state index in [4.69, 9.17) is 0 Å². The zero-order valence-electron chi connectivity index (χ0n) is 4.12. The molecule has 0 spiro atoms. The minimum atomic E-state index is 0. The summed E-state index contributed by atoms with van der Waals surface area (Å²) < 4.78 is 0. The Balaban J connectivity index is 0. The molecule has 0 aliphatic heterocycles. The monoisotopic (exact) mass is 468 g/mol. The maximum atomic E-state index is 0. The first-order chi connectivity index (χ1) is 0. The van der Waals surface area contributed by atoms with Crippen LogP contribution in [0.1, 0.15) is 2.85 Å². The van der Waals surface area contributed by atoms with E-state index in [0.29, 0.717) is 0 Å². The molecule has 0 fully saturated rings. The van der Waals surface area contributed by atoms with Gasteiger partial charge in [-0.25, -0.2) is 0 Å². The summed E-state index contributed by atoms with van der Waals surface area (Å²) in [6.45, 7) is 0. The molecule has 0 aromatic rings. The zero-order valence-corrected chi connectivity index (χ0v) is 13.1. The summed E-state index contributed by atoms with van der Waals surface area (Å²) in [5, 5.41) is 0. The Hall–Kier alpha value is 3.48. The summed E-state index contributed by atoms with van der Waals surface area (Å²) in [5.74, 6) is 0. The van der Waals surface area contributed by atoms with Crippen molar-refractivity contribution in [1.29, 1.82) is 0 Å². The van der Waals surface area contributed by atoms with Gasteiger partial charge in [0.1, 0.15) is 0 Å². The third-order valence-electron chi connectivity index (χ3n) is 0. The van der Waals surface area contributed by atoms with Crippen molar-refractivity contribution < 1.29 is 30.2 Å². The van der Waals surface area contributed by atoms with Crippen LogP contribution in [0, 0.1) is 0 Å². The van der Waals surface area contributed by atoms with Gasteiger partial charge in [0.25, 0.3) is 0 Å². The summed E-state index contributed by atoms with van der Waals surface area (Å²) in [4.78, 5) is 0. The van der Waals surface area contributed by atoms with Crippen LogP contribution in [0.5, 0.6) is 0 Å². The Kier molecular flexibility index (Phi) is 104. The summed E-state index contributed by atoms with van der Waals surface area (Å²) >= 11 is 0. The van der Waals surface area contributed by atoms with Gasteiger partial charge in [0.15, 0.2) is 0 Å². The minimum absolute atomic E-state index is 0. The number of hydrogen-bond acceptors (Lipinski definition) is 0. The molecule has 18 valence electrons. The van der Waals surface area contributed by atoms with E-state index in [1.807, 2.05) is 0 Å². The molecule has 0 aliphatic rings. The van der Waals surface area contributed by atoms with E-state index in [9.17, 15) is 0 Å². The van der Waals surface area contributed by atoms with Gasteiger partial charge in [0.2, 0.25) is 0 Å². The molecule has 2 radical (unpaired) electrons. The first-order valence-corrected chi connectivity index (χ1v) is 0. The molecule has 0 amide bonds. The van der Waals surface area contributed by atoms with E-state index in [-0.39, 0.29) is 106 Å². The van der Waals surface area contributed by atoms with E-state index >= 15 is 0 Å². The van der Waals surface area contributed by atoms with Crippen LogP contribution in [0.3, 0.4) is 0 Å². The zero-order chi connectivity index (χ0) is 0. The molecular formula is H7CdInMgPb. The summed E-state index contributed by atoms with van der Waals surface area (Å²) in [6.07, 6.45) is 0. The van der Waals surface area contributed by atoms with Crippen molar-refractivity contribution in [2.75, 3.05) is 0 Å². The van der Waals surface area contributed by atoms with Gasteiger partial charge in [-0.1, -0.05) is 0 Å². The summed E-state index contributed by atoms with van der Waals surface area (Å²) in [7, 11) is 0. The quantitative estimate of drug-likeness (QED) is 0.355. The molecule has 0 nitrogen and oxygen atoms in total. The normalized spacial score (nSPS) is 0. The second-order valence-electron chi connectivity index (χ2n) is 0. The molecule has 4 heavy (non-hydrogen) atoms. The van der Waals surface area contributed by atoms with Crippen LogP contribution in [-0.2, 0) is 27.3 Å². The summed E-state index contributed by atoms with van der Waals surface area (Å²) in [5.41, 5.74) is 0. The SMILES string of the molecule is [Cd].[H-].[H-].[InH3].[Mg+2].[PbH2]. The van der Waals surface area contributed by atoms with Crippen LogP contribution >= 0.6 is 0 Å². The van der Waals surface area contributed by atoms with Crippen LogP contribution in [-0.4, -0.2) is 76.2 Å². The van der Waals surface area contributed by atoms with Crippen molar-refractivity contribution >= 4 is 76.2 Å². The van der Waals surface area contributed by atoms with Crippen LogP contribution in [0.25, 0.3) is 0 Å². The topological polar surface area (TPSA) is 0 Å². The fourth-order valence-corrected chi connectivity index (χ4v) is 0. The van der Waals surface area contributed by atoms with Crippen LogP contribution in [0.15, 0.2) is 0 Å². The van der Waals surface area contributed by atoms with Crippen LogP contribution < -0.4 is 0 Å². The fraction of sp³-hybridized carbons (Fsp3) is 0. The predicted molar refractivity (Wildman–Crippen MR) is 26.5 cm³/mol. The van der Waals surface area contributed by atoms with Crippen molar-refractivity contribution in [3.8, 4) is 0 Å². The van der Waals surface area contributed by atoms with Crippen molar-refractivity contribution in [1.82, 2.24) is 0 Å². The standard InChI is InChI=1S/Cd.In.Mg.Pb.7H/q;;+2;;;;;;;2*-1. The van der Waals surface area contributed by atoms with Crippen molar-refractivity contribution in [2.45, 2.75) is 0 Å². The fourth-order valence-electron chi connectivity index (χ4n) is 0. The van der Waals surface area contributed by atoms with E-state index in [1.54, 1.807) is 0 Å². The molecule has 0 N–H and O–H groups in total. The van der Waals surface area contributed by atoms with Gasteiger partial charge >= 0.3 is 76.2 Å². The molecule has 0 saturated heterocycles. The van der Waals surface area contributed by atoms with Gasteiger partial charge < -0.3 is 2.85 Å². The Morgan fingerprint density at radius 1 is 1.25 bits per heavy atom. The molecule has 0 heterocycles. The maximum absolute atomic E-state index is 0. The predicted octanol–water partition coefficient (Wildman–Crippen LogP) is -2.26. The Labute approximate surface area is 104 Å². The molecule has 0 atom stereocenters. The average Bonchev–Trinajstić information content (AvgIpc) is 0. The molecule has 0 aliphatic carbocycles. The van der Waals surface area contributed by atoms with Crippen LogP contribution in [0.4, 0.5) is 0 Å². The first kappa shape index (κ1) is 25.9. The van der Waals surface area contributed by atoms with Gasteiger partial charge in [0.05, 0.1) is 0 Å². The van der Waals surface area contributed by atoms with E-state index < -0.39 is 0 Å². The molecule has 0 aromatic heterocycles. The molecular weight excluding hydrogens is 459 g/mol. The second-order valence-corrected chi connectivity index (χ2v) is 0. The van der Waals surface area contributed by atoms with Gasteiger partial charge in [-0.05, 0) is 0 Å². The van der Waals surface area contributed by atoms with E-state index in [1.165, 1.54) is 0 Å². The van der Waals surface area contributed by atoms with Gasteiger partial charge in [-0.2, -0.15) is 0 Å². The van der Waals surface area contributed by atoms with Crippen LogP contribution in [0.2, 0.25) is 0 Å². The van der Waals surface area contributed by atoms with E-state index in [0.717, 1.165) is 0 Å². The first-order valence-electron chi connectivity index (χ1n) is 0. The Morgan fingerprint density at radius 2 is 1.25 bits per heavy atom. The van der Waals surface area contributed by atoms with Crippen molar-refractivity contribution in [3.05, 3.63) is 0 Å². The molecule has 0 unspecified atom stereocenters. The Morgan fingerprint density at radius 3 is 1.25 bits per heavy atom.